The van der Waals surface area contributed by atoms with Crippen molar-refractivity contribution in [2.75, 3.05) is 4.90 Å². The van der Waals surface area contributed by atoms with Crippen LogP contribution in [0.4, 0.5) is 11.5 Å². The maximum Gasteiger partial charge on any atom is 0.137 e. The molecule has 3 rings (SSSR count). The second kappa shape index (κ2) is 6.26. The quantitative estimate of drug-likeness (QED) is 0.709. The number of nitrogens with zero attached hydrogens (tertiary/aromatic N) is 3. The van der Waals surface area contributed by atoms with Gasteiger partial charge in [-0.1, -0.05) is 48.1 Å². The molecule has 5 heteroatoms. The second-order valence-corrected chi connectivity index (χ2v) is 6.87. The Morgan fingerprint density at radius 1 is 1.23 bits per heavy atom. The predicted octanol–water partition coefficient (Wildman–Crippen LogP) is 4.77. The number of hydrogen-bond acceptors (Lipinski definition) is 3. The largest absolute Gasteiger partial charge is 0.286 e. The van der Waals surface area contributed by atoms with Gasteiger partial charge in [-0.2, -0.15) is 0 Å². The van der Waals surface area contributed by atoms with Gasteiger partial charge in [-0.05, 0) is 36.2 Å². The number of halogens is 1. The first-order valence-corrected chi connectivity index (χ1v) is 8.36. The number of anilines is 2. The summed E-state index contributed by atoms with van der Waals surface area (Å²) >= 11 is 9.29. The average Bonchev–Trinajstić information content (AvgIpc) is 2.64. The lowest BCUT2D eigenvalue weighted by Crippen LogP contribution is -2.36. The minimum absolute atomic E-state index is 0.0387. The summed E-state index contributed by atoms with van der Waals surface area (Å²) in [5, 5.41) is 0. The first kappa shape index (κ1) is 15.3. The number of rotatable bonds is 2. The van der Waals surface area contributed by atoms with E-state index in [2.05, 4.69) is 46.9 Å². The zero-order chi connectivity index (χ0) is 15.7. The highest BCUT2D eigenvalue weighted by molar-refractivity contribution is 9.10. The molecule has 0 unspecified atom stereocenters. The van der Waals surface area contributed by atoms with Gasteiger partial charge in [0.2, 0.25) is 0 Å². The van der Waals surface area contributed by atoms with Crippen LogP contribution in [0.1, 0.15) is 19.4 Å². The molecule has 0 fully saturated rings. The minimum Gasteiger partial charge on any atom is -0.286 e. The number of aromatic nitrogens is 1. The molecule has 0 N–H and O–H groups in total. The van der Waals surface area contributed by atoms with Gasteiger partial charge in [0.05, 0.1) is 5.69 Å². The molecular weight excluding hydrogens is 358 g/mol. The highest BCUT2D eigenvalue weighted by atomic mass is 79.9. The Hall–Kier alpha value is -1.59. The Morgan fingerprint density at radius 3 is 2.73 bits per heavy atom. The Morgan fingerprint density at radius 2 is 2.05 bits per heavy atom. The van der Waals surface area contributed by atoms with E-state index in [0.29, 0.717) is 5.92 Å². The molecule has 0 aliphatic carbocycles. The molecule has 0 saturated carbocycles. The van der Waals surface area contributed by atoms with Crippen LogP contribution in [0.3, 0.4) is 0 Å². The molecule has 1 aliphatic heterocycles. The maximum atomic E-state index is 5.76. The molecule has 22 heavy (non-hydrogen) atoms. The summed E-state index contributed by atoms with van der Waals surface area (Å²) in [6, 6.07) is 11.9. The van der Waals surface area contributed by atoms with Crippen molar-refractivity contribution in [1.82, 2.24) is 4.98 Å². The third kappa shape index (κ3) is 2.83. The minimum atomic E-state index is -0.0387. The number of pyridine rings is 1. The second-order valence-electron chi connectivity index (χ2n) is 5.53. The normalized spacial score (nSPS) is 17.5. The zero-order valence-corrected chi connectivity index (χ0v) is 14.8. The van der Waals surface area contributed by atoms with Gasteiger partial charge in [-0.15, -0.1) is 0 Å². The summed E-state index contributed by atoms with van der Waals surface area (Å²) in [5.41, 5.74) is 2.05. The third-order valence-corrected chi connectivity index (χ3v) is 4.51. The van der Waals surface area contributed by atoms with Crippen molar-refractivity contribution in [1.29, 1.82) is 0 Å². The molecule has 1 aromatic carbocycles. The topological polar surface area (TPSA) is 28.5 Å². The average molecular weight is 374 g/mol. The number of fused-ring (bicyclic) bond motifs is 1. The van der Waals surface area contributed by atoms with E-state index in [9.17, 15) is 0 Å². The summed E-state index contributed by atoms with van der Waals surface area (Å²) in [6.45, 7) is 4.27. The van der Waals surface area contributed by atoms with E-state index in [1.165, 1.54) is 0 Å². The van der Waals surface area contributed by atoms with E-state index in [0.717, 1.165) is 26.5 Å². The Kier molecular flexibility index (Phi) is 4.36. The third-order valence-electron chi connectivity index (χ3n) is 3.59. The lowest BCUT2D eigenvalue weighted by Gasteiger charge is -2.28. The first-order valence-electron chi connectivity index (χ1n) is 7.15. The lowest BCUT2D eigenvalue weighted by molar-refractivity contribution is 0.600. The van der Waals surface area contributed by atoms with Crippen LogP contribution in [0.2, 0.25) is 0 Å². The fourth-order valence-electron chi connectivity index (χ4n) is 2.49. The van der Waals surface area contributed by atoms with Crippen LogP contribution >= 0.6 is 28.1 Å². The van der Waals surface area contributed by atoms with Crippen LogP contribution in [-0.2, 0) is 0 Å². The van der Waals surface area contributed by atoms with Gasteiger partial charge in [-0.25, -0.2) is 4.98 Å². The molecule has 0 amide bonds. The molecule has 2 aromatic rings. The summed E-state index contributed by atoms with van der Waals surface area (Å²) in [7, 11) is 0. The standard InChI is InChI=1S/C17H16BrN3S/c1-11(2)16-17(22)21(15-5-3-4-8-19-15)14-7-6-13(18)9-12(14)10-20-16/h3-11,16H,1-2H3/t16-/m0/s1. The van der Waals surface area contributed by atoms with Gasteiger partial charge >= 0.3 is 0 Å². The van der Waals surface area contributed by atoms with Crippen LogP contribution in [0, 0.1) is 5.92 Å². The van der Waals surface area contributed by atoms with Gasteiger partial charge in [0.1, 0.15) is 16.8 Å². The van der Waals surface area contributed by atoms with E-state index >= 15 is 0 Å². The molecule has 1 aliphatic rings. The van der Waals surface area contributed by atoms with E-state index < -0.39 is 0 Å². The van der Waals surface area contributed by atoms with Crippen molar-refractivity contribution in [2.45, 2.75) is 19.9 Å². The Bertz CT molecular complexity index is 728. The first-order chi connectivity index (χ1) is 10.6. The SMILES string of the molecule is CC(C)[C@@H]1N=Cc2cc(Br)ccc2N(c2ccccn2)C1=S. The molecule has 0 radical (unpaired) electrons. The van der Waals surface area contributed by atoms with Crippen molar-refractivity contribution in [3.8, 4) is 0 Å². The highest BCUT2D eigenvalue weighted by Crippen LogP contribution is 2.33. The molecule has 0 bridgehead atoms. The van der Waals surface area contributed by atoms with Gasteiger partial charge in [-0.3, -0.25) is 9.89 Å². The van der Waals surface area contributed by atoms with Crippen molar-refractivity contribution >= 4 is 50.9 Å². The molecule has 3 nitrogen and oxygen atoms in total. The molecule has 0 spiro atoms. The van der Waals surface area contributed by atoms with E-state index in [-0.39, 0.29) is 6.04 Å². The Labute approximate surface area is 144 Å². The maximum absolute atomic E-state index is 5.76. The monoisotopic (exact) mass is 373 g/mol. The van der Waals surface area contributed by atoms with Crippen LogP contribution in [0.25, 0.3) is 0 Å². The summed E-state index contributed by atoms with van der Waals surface area (Å²) < 4.78 is 1.02. The fourth-order valence-corrected chi connectivity index (χ4v) is 3.39. The highest BCUT2D eigenvalue weighted by Gasteiger charge is 2.29. The summed E-state index contributed by atoms with van der Waals surface area (Å²) in [5.74, 6) is 1.15. The Balaban J connectivity index is 2.19. The molecule has 112 valence electrons. The van der Waals surface area contributed by atoms with Gasteiger partial charge in [0.15, 0.2) is 0 Å². The predicted molar refractivity (Wildman–Crippen MR) is 99.3 cm³/mol. The zero-order valence-electron chi connectivity index (χ0n) is 12.4. The summed E-state index contributed by atoms with van der Waals surface area (Å²) in [6.07, 6.45) is 3.70. The molecule has 1 atom stereocenters. The molecule has 0 saturated heterocycles. The van der Waals surface area contributed by atoms with Crippen LogP contribution < -0.4 is 4.90 Å². The van der Waals surface area contributed by atoms with Crippen LogP contribution in [0.15, 0.2) is 52.1 Å². The smallest absolute Gasteiger partial charge is 0.137 e. The van der Waals surface area contributed by atoms with Gasteiger partial charge < -0.3 is 0 Å². The van der Waals surface area contributed by atoms with Crippen molar-refractivity contribution < 1.29 is 0 Å². The van der Waals surface area contributed by atoms with Gasteiger partial charge in [0.25, 0.3) is 0 Å². The lowest BCUT2D eigenvalue weighted by atomic mass is 10.0. The van der Waals surface area contributed by atoms with Crippen LogP contribution in [-0.4, -0.2) is 22.2 Å². The number of benzene rings is 1. The van der Waals surface area contributed by atoms with Crippen LogP contribution in [0.5, 0.6) is 0 Å². The van der Waals surface area contributed by atoms with Crippen molar-refractivity contribution in [3.63, 3.8) is 0 Å². The van der Waals surface area contributed by atoms with E-state index in [4.69, 9.17) is 17.2 Å². The van der Waals surface area contributed by atoms with E-state index in [1.807, 2.05) is 35.4 Å². The number of thiocarbonyl (C=S) groups is 1. The summed E-state index contributed by atoms with van der Waals surface area (Å²) in [4.78, 5) is 12.0. The van der Waals surface area contributed by atoms with Crippen molar-refractivity contribution in [2.24, 2.45) is 10.9 Å². The number of hydrogen-bond donors (Lipinski definition) is 0. The number of aliphatic imine (C=N–C) groups is 1. The number of benzodiazepines with no additional fused rings is 1. The van der Waals surface area contributed by atoms with E-state index in [1.54, 1.807) is 6.20 Å². The molecule has 1 aromatic heterocycles. The molecule has 2 heterocycles. The fraction of sp³-hybridized carbons (Fsp3) is 0.235. The molecular formula is C17H16BrN3S. The van der Waals surface area contributed by atoms with Crippen molar-refractivity contribution in [3.05, 3.63) is 52.6 Å². The van der Waals surface area contributed by atoms with Gasteiger partial charge in [0, 0.05) is 22.4 Å².